The fraction of sp³-hybridized carbons (Fsp3) is 0.348. The molecule has 1 saturated heterocycles. The number of Topliss-reactive ketones (excluding diaryl/α,β-unsaturated/α-hetero) is 1. The van der Waals surface area contributed by atoms with Gasteiger partial charge in [-0.15, -0.1) is 0 Å². The Hall–Kier alpha value is -3.13. The highest BCUT2D eigenvalue weighted by atomic mass is 19.1. The molecular formula is C23H24F2N2O4. The Bertz CT molecular complexity index is 1000. The smallest absolute Gasteiger partial charge is 0.337 e. The molecule has 0 radical (unpaired) electrons. The first kappa shape index (κ1) is 22.6. The van der Waals surface area contributed by atoms with E-state index in [1.165, 1.54) is 7.11 Å². The first-order valence-corrected chi connectivity index (χ1v) is 9.99. The minimum absolute atomic E-state index is 0.122. The van der Waals surface area contributed by atoms with Crippen LogP contribution in [-0.4, -0.2) is 49.3 Å². The van der Waals surface area contributed by atoms with E-state index in [2.05, 4.69) is 5.32 Å². The van der Waals surface area contributed by atoms with Crippen LogP contribution in [0.1, 0.15) is 39.1 Å². The zero-order chi connectivity index (χ0) is 22.5. The van der Waals surface area contributed by atoms with E-state index in [-0.39, 0.29) is 18.0 Å². The number of aryl methyl sites for hydroxylation is 1. The average molecular weight is 430 g/mol. The molecule has 1 fully saturated rings. The number of nitrogens with zero attached hydrogens (tertiary/aromatic N) is 1. The SMILES string of the molecule is COC(=O)c1ccc(C)c(NC(=O)CN2CCC(C(=O)c3cc(F)ccc3F)CC2)c1. The average Bonchev–Trinajstić information content (AvgIpc) is 2.76. The molecule has 0 atom stereocenters. The van der Waals surface area contributed by atoms with Crippen molar-refractivity contribution >= 4 is 23.3 Å². The third-order valence-corrected chi connectivity index (χ3v) is 5.45. The summed E-state index contributed by atoms with van der Waals surface area (Å²) in [7, 11) is 1.29. The summed E-state index contributed by atoms with van der Waals surface area (Å²) in [5.41, 5.74) is 1.45. The number of halogens is 2. The van der Waals surface area contributed by atoms with E-state index in [0.717, 1.165) is 23.8 Å². The summed E-state index contributed by atoms with van der Waals surface area (Å²) in [6, 6.07) is 7.79. The maximum absolute atomic E-state index is 13.9. The van der Waals surface area contributed by atoms with Gasteiger partial charge < -0.3 is 10.1 Å². The van der Waals surface area contributed by atoms with Gasteiger partial charge in [0.15, 0.2) is 5.78 Å². The molecule has 0 spiro atoms. The molecule has 3 rings (SSSR count). The number of benzene rings is 2. The minimum atomic E-state index is -0.724. The lowest BCUT2D eigenvalue weighted by Gasteiger charge is -2.30. The maximum atomic E-state index is 13.9. The topological polar surface area (TPSA) is 75.7 Å². The third kappa shape index (κ3) is 5.52. The van der Waals surface area contributed by atoms with E-state index >= 15 is 0 Å². The van der Waals surface area contributed by atoms with Crippen LogP contribution in [0, 0.1) is 24.5 Å². The lowest BCUT2D eigenvalue weighted by Crippen LogP contribution is -2.41. The molecule has 2 aromatic rings. The molecule has 1 aliphatic rings. The number of hydrogen-bond acceptors (Lipinski definition) is 5. The monoisotopic (exact) mass is 430 g/mol. The normalized spacial score (nSPS) is 14.8. The summed E-state index contributed by atoms with van der Waals surface area (Å²) in [5.74, 6) is -2.92. The Morgan fingerprint density at radius 2 is 1.81 bits per heavy atom. The van der Waals surface area contributed by atoms with Crippen molar-refractivity contribution in [3.63, 3.8) is 0 Å². The number of carbonyl (C=O) groups excluding carboxylic acids is 3. The van der Waals surface area contributed by atoms with Crippen LogP contribution in [0.2, 0.25) is 0 Å². The van der Waals surface area contributed by atoms with Crippen LogP contribution in [0.3, 0.4) is 0 Å². The van der Waals surface area contributed by atoms with E-state index in [4.69, 9.17) is 4.74 Å². The van der Waals surface area contributed by atoms with Gasteiger partial charge in [0.1, 0.15) is 11.6 Å². The first-order chi connectivity index (χ1) is 14.8. The summed E-state index contributed by atoms with van der Waals surface area (Å²) in [6.07, 6.45) is 0.915. The van der Waals surface area contributed by atoms with Crippen molar-refractivity contribution in [2.75, 3.05) is 32.1 Å². The Balaban J connectivity index is 1.55. The standard InChI is InChI=1S/C23H24F2N2O4/c1-14-3-4-16(23(30)31-2)11-20(14)26-21(28)13-27-9-7-15(8-10-27)22(29)18-12-17(24)5-6-19(18)25/h3-6,11-12,15H,7-10,13H2,1-2H3,(H,26,28). The Labute approximate surface area is 179 Å². The van der Waals surface area contributed by atoms with Crippen molar-refractivity contribution in [1.82, 2.24) is 4.90 Å². The lowest BCUT2D eigenvalue weighted by molar-refractivity contribution is -0.117. The van der Waals surface area contributed by atoms with Gasteiger partial charge in [-0.1, -0.05) is 6.07 Å². The molecule has 2 aromatic carbocycles. The van der Waals surface area contributed by atoms with Gasteiger partial charge in [0.25, 0.3) is 0 Å². The van der Waals surface area contributed by atoms with Gasteiger partial charge in [0, 0.05) is 11.6 Å². The summed E-state index contributed by atoms with van der Waals surface area (Å²) in [5, 5.41) is 2.80. The van der Waals surface area contributed by atoms with Crippen LogP contribution in [0.15, 0.2) is 36.4 Å². The second kappa shape index (κ2) is 9.78. The molecule has 0 aromatic heterocycles. The fourth-order valence-electron chi connectivity index (χ4n) is 3.65. The quantitative estimate of drug-likeness (QED) is 0.560. The van der Waals surface area contributed by atoms with Crippen molar-refractivity contribution in [2.24, 2.45) is 5.92 Å². The van der Waals surface area contributed by atoms with Crippen molar-refractivity contribution in [3.05, 3.63) is 64.7 Å². The molecule has 8 heteroatoms. The second-order valence-electron chi connectivity index (χ2n) is 7.61. The van der Waals surface area contributed by atoms with Crippen molar-refractivity contribution in [1.29, 1.82) is 0 Å². The van der Waals surface area contributed by atoms with Gasteiger partial charge in [-0.25, -0.2) is 13.6 Å². The van der Waals surface area contributed by atoms with Crippen LogP contribution < -0.4 is 5.32 Å². The van der Waals surface area contributed by atoms with Gasteiger partial charge in [-0.3, -0.25) is 14.5 Å². The number of ketones is 1. The fourth-order valence-corrected chi connectivity index (χ4v) is 3.65. The number of carbonyl (C=O) groups is 3. The summed E-state index contributed by atoms with van der Waals surface area (Å²) < 4.78 is 32.0. The molecule has 1 amide bonds. The largest absolute Gasteiger partial charge is 0.465 e. The minimum Gasteiger partial charge on any atom is -0.465 e. The van der Waals surface area contributed by atoms with Crippen LogP contribution in [0.5, 0.6) is 0 Å². The predicted octanol–water partition coefficient (Wildman–Crippen LogP) is 3.59. The number of methoxy groups -OCH3 is 1. The van der Waals surface area contributed by atoms with Gasteiger partial charge in [0.2, 0.25) is 5.91 Å². The van der Waals surface area contributed by atoms with E-state index in [1.54, 1.807) is 18.2 Å². The van der Waals surface area contributed by atoms with Crippen LogP contribution in [0.25, 0.3) is 0 Å². The van der Waals surface area contributed by atoms with Gasteiger partial charge >= 0.3 is 5.97 Å². The molecule has 1 heterocycles. The van der Waals surface area contributed by atoms with Gasteiger partial charge in [-0.05, 0) is 68.8 Å². The summed E-state index contributed by atoms with van der Waals surface area (Å²) in [4.78, 5) is 38.6. The van der Waals surface area contributed by atoms with Crippen LogP contribution >= 0.6 is 0 Å². The van der Waals surface area contributed by atoms with E-state index < -0.39 is 29.3 Å². The molecular weight excluding hydrogens is 406 g/mol. The molecule has 0 saturated carbocycles. The zero-order valence-corrected chi connectivity index (χ0v) is 17.4. The van der Waals surface area contributed by atoms with E-state index in [9.17, 15) is 23.2 Å². The molecule has 1 aliphatic heterocycles. The van der Waals surface area contributed by atoms with Crippen molar-refractivity contribution in [3.8, 4) is 0 Å². The second-order valence-corrected chi connectivity index (χ2v) is 7.61. The van der Waals surface area contributed by atoms with E-state index in [1.807, 2.05) is 11.8 Å². The summed E-state index contributed by atoms with van der Waals surface area (Å²) in [6.45, 7) is 2.92. The number of ether oxygens (including phenoxy) is 1. The molecule has 0 aliphatic carbocycles. The highest BCUT2D eigenvalue weighted by molar-refractivity contribution is 5.98. The van der Waals surface area contributed by atoms with Crippen LogP contribution in [0.4, 0.5) is 14.5 Å². The molecule has 31 heavy (non-hydrogen) atoms. The number of likely N-dealkylation sites (tertiary alicyclic amines) is 1. The molecule has 0 bridgehead atoms. The maximum Gasteiger partial charge on any atom is 0.337 e. The van der Waals surface area contributed by atoms with Gasteiger partial charge in [0.05, 0.1) is 24.8 Å². The number of hydrogen-bond donors (Lipinski definition) is 1. The molecule has 164 valence electrons. The number of piperidine rings is 1. The van der Waals surface area contributed by atoms with Gasteiger partial charge in [-0.2, -0.15) is 0 Å². The Kier molecular flexibility index (Phi) is 7.12. The van der Waals surface area contributed by atoms with Crippen molar-refractivity contribution < 1.29 is 27.9 Å². The van der Waals surface area contributed by atoms with E-state index in [0.29, 0.717) is 37.2 Å². The number of anilines is 1. The summed E-state index contributed by atoms with van der Waals surface area (Å²) >= 11 is 0. The van der Waals surface area contributed by atoms with Crippen molar-refractivity contribution in [2.45, 2.75) is 19.8 Å². The molecule has 0 unspecified atom stereocenters. The predicted molar refractivity (Wildman–Crippen MR) is 111 cm³/mol. The zero-order valence-electron chi connectivity index (χ0n) is 17.4. The number of amides is 1. The molecule has 1 N–H and O–H groups in total. The first-order valence-electron chi connectivity index (χ1n) is 9.99. The third-order valence-electron chi connectivity index (χ3n) is 5.45. The Morgan fingerprint density at radius 1 is 1.10 bits per heavy atom. The number of nitrogens with one attached hydrogen (secondary N) is 1. The highest BCUT2D eigenvalue weighted by Gasteiger charge is 2.28. The van der Waals surface area contributed by atoms with Crippen LogP contribution in [-0.2, 0) is 9.53 Å². The lowest BCUT2D eigenvalue weighted by atomic mass is 9.88. The highest BCUT2D eigenvalue weighted by Crippen LogP contribution is 2.24. The number of esters is 1. The Morgan fingerprint density at radius 3 is 2.48 bits per heavy atom. The molecule has 6 nitrogen and oxygen atoms in total. The number of rotatable bonds is 6.